The van der Waals surface area contributed by atoms with Gasteiger partial charge in [-0.05, 0) is 37.8 Å². The van der Waals surface area contributed by atoms with Crippen LogP contribution in [-0.4, -0.2) is 17.2 Å². The minimum absolute atomic E-state index is 0.0108. The minimum atomic E-state index is -0.410. The van der Waals surface area contributed by atoms with E-state index in [1.54, 1.807) is 0 Å². The summed E-state index contributed by atoms with van der Waals surface area (Å²) in [4.78, 5) is 11.7. The third-order valence-electron chi connectivity index (χ3n) is 3.18. The fourth-order valence-electron chi connectivity index (χ4n) is 2.38. The van der Waals surface area contributed by atoms with Gasteiger partial charge in [-0.25, -0.2) is 4.79 Å². The molecule has 1 aliphatic rings. The van der Waals surface area contributed by atoms with E-state index in [0.29, 0.717) is 6.42 Å². The average Bonchev–Trinajstić information content (AvgIpc) is 2.32. The van der Waals surface area contributed by atoms with E-state index in [9.17, 15) is 9.90 Å². The fraction of sp³-hybridized carbons (Fsp3) is 0.500. The number of benzene rings is 1. The van der Waals surface area contributed by atoms with Crippen LogP contribution < -0.4 is 10.6 Å². The van der Waals surface area contributed by atoms with Crippen LogP contribution in [0.2, 0.25) is 0 Å². The summed E-state index contributed by atoms with van der Waals surface area (Å²) in [5.74, 6) is 0. The molecule has 0 saturated heterocycles. The molecular formula is C14H20N2O2. The number of fused-ring (bicyclic) bond motifs is 1. The maximum Gasteiger partial charge on any atom is 0.315 e. The van der Waals surface area contributed by atoms with E-state index in [1.807, 2.05) is 38.1 Å². The van der Waals surface area contributed by atoms with Gasteiger partial charge in [-0.2, -0.15) is 0 Å². The van der Waals surface area contributed by atoms with Gasteiger partial charge in [-0.1, -0.05) is 24.3 Å². The summed E-state index contributed by atoms with van der Waals surface area (Å²) in [6, 6.07) is 7.70. The number of hydrogen-bond donors (Lipinski definition) is 3. The number of nitrogens with one attached hydrogen (secondary N) is 2. The van der Waals surface area contributed by atoms with Crippen LogP contribution in [0.1, 0.15) is 50.0 Å². The molecule has 0 fully saturated rings. The van der Waals surface area contributed by atoms with Crippen LogP contribution in [0.5, 0.6) is 0 Å². The first-order chi connectivity index (χ1) is 8.58. The van der Waals surface area contributed by atoms with Gasteiger partial charge in [-0.3, -0.25) is 0 Å². The van der Waals surface area contributed by atoms with Crippen LogP contribution in [0.15, 0.2) is 24.3 Å². The summed E-state index contributed by atoms with van der Waals surface area (Å²) in [6.07, 6.45) is 1.04. The average molecular weight is 248 g/mol. The first kappa shape index (κ1) is 12.9. The van der Waals surface area contributed by atoms with Crippen molar-refractivity contribution < 1.29 is 9.90 Å². The van der Waals surface area contributed by atoms with Crippen molar-refractivity contribution in [3.8, 4) is 0 Å². The lowest BCUT2D eigenvalue weighted by atomic mass is 9.86. The Balaban J connectivity index is 2.12. The monoisotopic (exact) mass is 248 g/mol. The number of urea groups is 1. The van der Waals surface area contributed by atoms with E-state index in [-0.39, 0.29) is 18.1 Å². The Kier molecular flexibility index (Phi) is 3.87. The highest BCUT2D eigenvalue weighted by Crippen LogP contribution is 2.35. The van der Waals surface area contributed by atoms with Crippen LogP contribution in [0.3, 0.4) is 0 Å². The number of aliphatic hydroxyl groups is 1. The maximum absolute atomic E-state index is 11.7. The Hall–Kier alpha value is -1.55. The second kappa shape index (κ2) is 5.40. The number of rotatable bonds is 2. The summed E-state index contributed by atoms with van der Waals surface area (Å²) in [5, 5.41) is 15.7. The molecule has 1 aromatic rings. The standard InChI is InChI=1S/C14H20N2O2/c1-9(2)15-14(18)16-12-7-8-13(17)11-6-4-3-5-10(11)12/h3-6,9,12-13,17H,7-8H2,1-2H3,(H2,15,16,18)/t12-,13-/m0/s1. The second-order valence-corrected chi connectivity index (χ2v) is 5.05. The molecule has 2 amide bonds. The van der Waals surface area contributed by atoms with Gasteiger partial charge in [-0.15, -0.1) is 0 Å². The number of carbonyl (C=O) groups excluding carboxylic acids is 1. The van der Waals surface area contributed by atoms with E-state index in [1.165, 1.54) is 0 Å². The van der Waals surface area contributed by atoms with Gasteiger partial charge < -0.3 is 15.7 Å². The molecule has 1 aromatic carbocycles. The summed E-state index contributed by atoms with van der Waals surface area (Å²) in [5.41, 5.74) is 1.95. The number of hydrogen-bond acceptors (Lipinski definition) is 2. The largest absolute Gasteiger partial charge is 0.388 e. The van der Waals surface area contributed by atoms with Crippen molar-refractivity contribution in [3.63, 3.8) is 0 Å². The Morgan fingerprint density at radius 3 is 2.61 bits per heavy atom. The predicted molar refractivity (Wildman–Crippen MR) is 70.2 cm³/mol. The Labute approximate surface area is 107 Å². The van der Waals surface area contributed by atoms with Crippen molar-refractivity contribution in [1.29, 1.82) is 0 Å². The first-order valence-corrected chi connectivity index (χ1v) is 6.42. The van der Waals surface area contributed by atoms with E-state index in [2.05, 4.69) is 10.6 Å². The lowest BCUT2D eigenvalue weighted by Gasteiger charge is -2.29. The molecule has 0 spiro atoms. The van der Waals surface area contributed by atoms with Gasteiger partial charge >= 0.3 is 6.03 Å². The van der Waals surface area contributed by atoms with Gasteiger partial charge in [0.15, 0.2) is 0 Å². The highest BCUT2D eigenvalue weighted by atomic mass is 16.3. The lowest BCUT2D eigenvalue weighted by Crippen LogP contribution is -2.42. The van der Waals surface area contributed by atoms with Crippen molar-refractivity contribution in [2.45, 2.75) is 44.9 Å². The van der Waals surface area contributed by atoms with Gasteiger partial charge in [0.05, 0.1) is 12.1 Å². The fourth-order valence-corrected chi connectivity index (χ4v) is 2.38. The van der Waals surface area contributed by atoms with Crippen molar-refractivity contribution >= 4 is 6.03 Å². The molecule has 0 unspecified atom stereocenters. The van der Waals surface area contributed by atoms with E-state index >= 15 is 0 Å². The zero-order chi connectivity index (χ0) is 13.1. The molecule has 2 rings (SSSR count). The zero-order valence-electron chi connectivity index (χ0n) is 10.8. The van der Waals surface area contributed by atoms with Crippen molar-refractivity contribution in [3.05, 3.63) is 35.4 Å². The maximum atomic E-state index is 11.7. The lowest BCUT2D eigenvalue weighted by molar-refractivity contribution is 0.146. The quantitative estimate of drug-likeness (QED) is 0.751. The minimum Gasteiger partial charge on any atom is -0.388 e. The molecule has 3 N–H and O–H groups in total. The molecule has 0 radical (unpaired) electrons. The molecular weight excluding hydrogens is 228 g/mol. The topological polar surface area (TPSA) is 61.4 Å². The zero-order valence-corrected chi connectivity index (χ0v) is 10.8. The molecule has 1 aliphatic carbocycles. The van der Waals surface area contributed by atoms with Crippen LogP contribution in [0.4, 0.5) is 4.79 Å². The summed E-state index contributed by atoms with van der Waals surface area (Å²) in [6.45, 7) is 3.86. The number of carbonyl (C=O) groups is 1. The molecule has 2 atom stereocenters. The van der Waals surface area contributed by atoms with Gasteiger partial charge in [0.25, 0.3) is 0 Å². The molecule has 0 saturated carbocycles. The number of amides is 2. The molecule has 0 aromatic heterocycles. The molecule has 4 nitrogen and oxygen atoms in total. The van der Waals surface area contributed by atoms with Gasteiger partial charge in [0, 0.05) is 6.04 Å². The Morgan fingerprint density at radius 1 is 1.28 bits per heavy atom. The van der Waals surface area contributed by atoms with Crippen LogP contribution in [-0.2, 0) is 0 Å². The van der Waals surface area contributed by atoms with Crippen LogP contribution in [0.25, 0.3) is 0 Å². The summed E-state index contributed by atoms with van der Waals surface area (Å²) < 4.78 is 0. The summed E-state index contributed by atoms with van der Waals surface area (Å²) >= 11 is 0. The van der Waals surface area contributed by atoms with Crippen molar-refractivity contribution in [1.82, 2.24) is 10.6 Å². The molecule has 18 heavy (non-hydrogen) atoms. The van der Waals surface area contributed by atoms with E-state index < -0.39 is 6.10 Å². The normalized spacial score (nSPS) is 22.4. The number of aliphatic hydroxyl groups excluding tert-OH is 1. The second-order valence-electron chi connectivity index (χ2n) is 5.05. The smallest absolute Gasteiger partial charge is 0.315 e. The summed E-state index contributed by atoms with van der Waals surface area (Å²) in [7, 11) is 0. The molecule has 98 valence electrons. The third kappa shape index (κ3) is 2.82. The molecule has 4 heteroatoms. The Bertz CT molecular complexity index is 432. The SMILES string of the molecule is CC(C)NC(=O)N[C@H]1CC[C@H](O)c2ccccc21. The van der Waals surface area contributed by atoms with Crippen LogP contribution in [0, 0.1) is 0 Å². The molecule has 0 aliphatic heterocycles. The van der Waals surface area contributed by atoms with Gasteiger partial charge in [0.2, 0.25) is 0 Å². The van der Waals surface area contributed by atoms with E-state index in [0.717, 1.165) is 17.5 Å². The van der Waals surface area contributed by atoms with Gasteiger partial charge in [0.1, 0.15) is 0 Å². The predicted octanol–water partition coefficient (Wildman–Crippen LogP) is 2.26. The van der Waals surface area contributed by atoms with E-state index in [4.69, 9.17) is 0 Å². The third-order valence-corrected chi connectivity index (χ3v) is 3.18. The molecule has 0 bridgehead atoms. The Morgan fingerprint density at radius 2 is 1.94 bits per heavy atom. The highest BCUT2D eigenvalue weighted by molar-refractivity contribution is 5.74. The van der Waals surface area contributed by atoms with Crippen molar-refractivity contribution in [2.24, 2.45) is 0 Å². The van der Waals surface area contributed by atoms with Crippen molar-refractivity contribution in [2.75, 3.05) is 0 Å². The first-order valence-electron chi connectivity index (χ1n) is 6.42. The molecule has 0 heterocycles. The van der Waals surface area contributed by atoms with Crippen LogP contribution >= 0.6 is 0 Å². The highest BCUT2D eigenvalue weighted by Gasteiger charge is 2.26.